The molecule has 170 valence electrons. The van der Waals surface area contributed by atoms with Crippen molar-refractivity contribution in [3.8, 4) is 0 Å². The van der Waals surface area contributed by atoms with Gasteiger partial charge >= 0.3 is 6.09 Å². The highest BCUT2D eigenvalue weighted by Gasteiger charge is 2.29. The van der Waals surface area contributed by atoms with Crippen LogP contribution in [0.2, 0.25) is 5.15 Å². The predicted octanol–water partition coefficient (Wildman–Crippen LogP) is 3.52. The lowest BCUT2D eigenvalue weighted by atomic mass is 9.97. The lowest BCUT2D eigenvalue weighted by Gasteiger charge is -2.29. The lowest BCUT2D eigenvalue weighted by molar-refractivity contribution is -0.0460. The summed E-state index contributed by atoms with van der Waals surface area (Å²) >= 11 is 6.12. The molecule has 0 aliphatic carbocycles. The number of carbonyl (C=O) groups excluding carboxylic acids is 1. The largest absolute Gasteiger partial charge is 0.441 e. The van der Waals surface area contributed by atoms with Gasteiger partial charge in [-0.15, -0.1) is 0 Å². The molecule has 0 saturated carbocycles. The Balaban J connectivity index is 2.15. The molecule has 1 heterocycles. The van der Waals surface area contributed by atoms with Crippen LogP contribution < -0.4 is 10.0 Å². The van der Waals surface area contributed by atoms with Crippen molar-refractivity contribution in [2.45, 2.75) is 38.9 Å². The van der Waals surface area contributed by atoms with E-state index in [2.05, 4.69) is 4.98 Å². The van der Waals surface area contributed by atoms with Crippen LogP contribution in [0.1, 0.15) is 31.4 Å². The first-order valence-corrected chi connectivity index (χ1v) is 12.0. The van der Waals surface area contributed by atoms with Crippen molar-refractivity contribution in [3.05, 3.63) is 58.7 Å². The zero-order chi connectivity index (χ0) is 23.1. The van der Waals surface area contributed by atoms with Crippen LogP contribution in [-0.2, 0) is 32.5 Å². The zero-order valence-electron chi connectivity index (χ0n) is 17.9. The van der Waals surface area contributed by atoms with E-state index in [0.29, 0.717) is 18.4 Å². The second kappa shape index (κ2) is 10.8. The molecule has 2 rings (SSSR count). The summed E-state index contributed by atoms with van der Waals surface area (Å²) in [5.74, 6) is 0.232. The standard InChI is InChI=1S/C21H28ClN3O5S/c1-4-10-25(31(3,27)28)19-12-17(11-18(22)24-19)14-29-15-21(2,30-20(23)26)13-16-8-6-5-7-9-16/h5-9,11-12H,4,10,13-15H2,1-3H3,(H2,23,26). The molecule has 1 aromatic heterocycles. The number of primary amides is 1. The van der Waals surface area contributed by atoms with Crippen LogP contribution >= 0.6 is 11.6 Å². The van der Waals surface area contributed by atoms with E-state index in [1.165, 1.54) is 4.31 Å². The van der Waals surface area contributed by atoms with Gasteiger partial charge in [0.2, 0.25) is 10.0 Å². The third kappa shape index (κ3) is 8.01. The highest BCUT2D eigenvalue weighted by molar-refractivity contribution is 7.92. The number of amides is 1. The number of hydrogen-bond donors (Lipinski definition) is 1. The SMILES string of the molecule is CCCN(c1cc(COCC(C)(Cc2ccccc2)OC(N)=O)cc(Cl)n1)S(C)(=O)=O. The molecule has 2 aromatic rings. The van der Waals surface area contributed by atoms with Crippen LogP contribution in [0.4, 0.5) is 10.6 Å². The third-order valence-electron chi connectivity index (χ3n) is 4.37. The van der Waals surface area contributed by atoms with Crippen molar-refractivity contribution >= 4 is 33.5 Å². The van der Waals surface area contributed by atoms with Crippen molar-refractivity contribution in [1.82, 2.24) is 4.98 Å². The van der Waals surface area contributed by atoms with Crippen LogP contribution in [0.25, 0.3) is 0 Å². The van der Waals surface area contributed by atoms with E-state index in [4.69, 9.17) is 26.8 Å². The summed E-state index contributed by atoms with van der Waals surface area (Å²) in [7, 11) is -3.51. The van der Waals surface area contributed by atoms with E-state index < -0.39 is 21.7 Å². The van der Waals surface area contributed by atoms with Crippen molar-refractivity contribution in [2.75, 3.05) is 23.7 Å². The number of ether oxygens (including phenoxy) is 2. The van der Waals surface area contributed by atoms with Crippen molar-refractivity contribution in [2.24, 2.45) is 5.73 Å². The molecule has 1 amide bonds. The first-order chi connectivity index (χ1) is 14.5. The molecule has 0 bridgehead atoms. The number of sulfonamides is 1. The molecule has 1 unspecified atom stereocenters. The molecule has 8 nitrogen and oxygen atoms in total. The Morgan fingerprint density at radius 1 is 1.23 bits per heavy atom. The predicted molar refractivity (Wildman–Crippen MR) is 121 cm³/mol. The van der Waals surface area contributed by atoms with Crippen molar-refractivity contribution in [3.63, 3.8) is 0 Å². The molecule has 31 heavy (non-hydrogen) atoms. The van der Waals surface area contributed by atoms with Crippen molar-refractivity contribution < 1.29 is 22.7 Å². The fraction of sp³-hybridized carbons (Fsp3) is 0.429. The molecule has 0 aliphatic rings. The molecule has 0 aliphatic heterocycles. The smallest absolute Gasteiger partial charge is 0.405 e. The van der Waals surface area contributed by atoms with Gasteiger partial charge in [-0.05, 0) is 36.6 Å². The fourth-order valence-corrected chi connectivity index (χ4v) is 4.35. The van der Waals surface area contributed by atoms with Gasteiger partial charge in [-0.1, -0.05) is 48.9 Å². The molecule has 0 spiro atoms. The number of halogens is 1. The number of nitrogens with two attached hydrogens (primary N) is 1. The number of nitrogens with zero attached hydrogens (tertiary/aromatic N) is 2. The third-order valence-corrected chi connectivity index (χ3v) is 5.73. The summed E-state index contributed by atoms with van der Waals surface area (Å²) < 4.78 is 36.6. The average molecular weight is 470 g/mol. The van der Waals surface area contributed by atoms with Crippen LogP contribution in [0.5, 0.6) is 0 Å². The van der Waals surface area contributed by atoms with Crippen molar-refractivity contribution in [1.29, 1.82) is 0 Å². The minimum Gasteiger partial charge on any atom is -0.441 e. The number of aromatic nitrogens is 1. The van der Waals surface area contributed by atoms with Gasteiger partial charge < -0.3 is 15.2 Å². The van der Waals surface area contributed by atoms with E-state index in [1.807, 2.05) is 37.3 Å². The Morgan fingerprint density at radius 2 is 1.90 bits per heavy atom. The van der Waals surface area contributed by atoms with Gasteiger partial charge in [0.25, 0.3) is 0 Å². The number of anilines is 1. The summed E-state index contributed by atoms with van der Waals surface area (Å²) in [4.78, 5) is 15.6. The van der Waals surface area contributed by atoms with Crippen LogP contribution in [-0.4, -0.2) is 44.5 Å². The minimum atomic E-state index is -3.51. The van der Waals surface area contributed by atoms with Crippen LogP contribution in [0, 0.1) is 0 Å². The summed E-state index contributed by atoms with van der Waals surface area (Å²) in [6.45, 7) is 4.09. The van der Waals surface area contributed by atoms with E-state index in [-0.39, 0.29) is 30.7 Å². The molecular formula is C21H28ClN3O5S. The number of pyridine rings is 1. The summed E-state index contributed by atoms with van der Waals surface area (Å²) in [5.41, 5.74) is 5.88. The number of carbonyl (C=O) groups is 1. The zero-order valence-corrected chi connectivity index (χ0v) is 19.4. The maximum absolute atomic E-state index is 12.1. The average Bonchev–Trinajstić information content (AvgIpc) is 2.64. The van der Waals surface area contributed by atoms with Gasteiger partial charge in [0.05, 0.1) is 19.5 Å². The van der Waals surface area contributed by atoms with Gasteiger partial charge in [0.1, 0.15) is 16.6 Å². The van der Waals surface area contributed by atoms with E-state index >= 15 is 0 Å². The number of benzene rings is 1. The van der Waals surface area contributed by atoms with E-state index in [9.17, 15) is 13.2 Å². The van der Waals surface area contributed by atoms with Gasteiger partial charge in [-0.2, -0.15) is 0 Å². The maximum atomic E-state index is 12.1. The van der Waals surface area contributed by atoms with Gasteiger partial charge in [0, 0.05) is 13.0 Å². The molecule has 1 aromatic carbocycles. The molecule has 1 atom stereocenters. The molecule has 10 heteroatoms. The molecular weight excluding hydrogens is 442 g/mol. The van der Waals surface area contributed by atoms with Gasteiger partial charge in [-0.3, -0.25) is 4.31 Å². The second-order valence-corrected chi connectivity index (χ2v) is 9.81. The first kappa shape index (κ1) is 24.9. The number of rotatable bonds is 11. The normalized spacial score (nSPS) is 13.4. The van der Waals surface area contributed by atoms with E-state index in [0.717, 1.165) is 11.8 Å². The summed E-state index contributed by atoms with van der Waals surface area (Å²) in [5, 5.41) is 0.154. The van der Waals surface area contributed by atoms with E-state index in [1.54, 1.807) is 19.1 Å². The summed E-state index contributed by atoms with van der Waals surface area (Å²) in [6.07, 6.45) is 1.27. The van der Waals surface area contributed by atoms with Crippen LogP contribution in [0.15, 0.2) is 42.5 Å². The highest BCUT2D eigenvalue weighted by atomic mass is 35.5. The minimum absolute atomic E-state index is 0.0743. The molecule has 0 radical (unpaired) electrons. The summed E-state index contributed by atoms with van der Waals surface area (Å²) in [6, 6.07) is 12.7. The molecule has 0 saturated heterocycles. The lowest BCUT2D eigenvalue weighted by Crippen LogP contribution is -2.40. The van der Waals surface area contributed by atoms with Gasteiger partial charge in [-0.25, -0.2) is 18.2 Å². The Morgan fingerprint density at radius 3 is 2.48 bits per heavy atom. The molecule has 0 fully saturated rings. The Labute approximate surface area is 188 Å². The fourth-order valence-electron chi connectivity index (χ4n) is 3.17. The second-order valence-electron chi connectivity index (χ2n) is 7.52. The quantitative estimate of drug-likeness (QED) is 0.504. The number of hydrogen-bond acceptors (Lipinski definition) is 6. The van der Waals surface area contributed by atoms with Gasteiger partial charge in [0.15, 0.2) is 0 Å². The Bertz CT molecular complexity index is 988. The Kier molecular flexibility index (Phi) is 8.67. The molecule has 2 N–H and O–H groups in total. The topological polar surface area (TPSA) is 112 Å². The first-order valence-electron chi connectivity index (χ1n) is 9.77. The Hall–Kier alpha value is -2.36. The highest BCUT2D eigenvalue weighted by Crippen LogP contribution is 2.23. The monoisotopic (exact) mass is 469 g/mol. The van der Waals surface area contributed by atoms with Crippen LogP contribution in [0.3, 0.4) is 0 Å². The maximum Gasteiger partial charge on any atom is 0.405 e.